The number of rotatable bonds is 3. The zero-order valence-corrected chi connectivity index (χ0v) is 7.91. The molecule has 6 heteroatoms. The minimum absolute atomic E-state index is 0.203. The molecule has 1 aromatic rings. The van der Waals surface area contributed by atoms with Gasteiger partial charge < -0.3 is 4.74 Å². The molecule has 5 nitrogen and oxygen atoms in total. The van der Waals surface area contributed by atoms with Gasteiger partial charge in [0.2, 0.25) is 15.9 Å². The summed E-state index contributed by atoms with van der Waals surface area (Å²) in [6.45, 7) is 0. The summed E-state index contributed by atoms with van der Waals surface area (Å²) in [6, 6.07) is 3.11. The van der Waals surface area contributed by atoms with Crippen molar-refractivity contribution in [1.29, 1.82) is 0 Å². The molecule has 0 aromatic carbocycles. The van der Waals surface area contributed by atoms with Crippen LogP contribution in [0.5, 0.6) is 5.88 Å². The van der Waals surface area contributed by atoms with Crippen LogP contribution < -0.4 is 9.88 Å². The van der Waals surface area contributed by atoms with E-state index in [4.69, 9.17) is 9.88 Å². The van der Waals surface area contributed by atoms with Gasteiger partial charge in [0.25, 0.3) is 0 Å². The Morgan fingerprint density at radius 2 is 2.31 bits per heavy atom. The first-order valence-electron chi connectivity index (χ1n) is 3.50. The molecule has 0 atom stereocenters. The molecule has 13 heavy (non-hydrogen) atoms. The van der Waals surface area contributed by atoms with E-state index >= 15 is 0 Å². The van der Waals surface area contributed by atoms with Crippen molar-refractivity contribution in [2.45, 2.75) is 5.75 Å². The summed E-state index contributed by atoms with van der Waals surface area (Å²) >= 11 is 0. The average molecular weight is 202 g/mol. The van der Waals surface area contributed by atoms with Crippen LogP contribution in [0.15, 0.2) is 18.3 Å². The number of methoxy groups -OCH3 is 1. The lowest BCUT2D eigenvalue weighted by atomic mass is 10.3. The quantitative estimate of drug-likeness (QED) is 0.740. The summed E-state index contributed by atoms with van der Waals surface area (Å²) in [5, 5.41) is 4.87. The summed E-state index contributed by atoms with van der Waals surface area (Å²) in [5.74, 6) is 0.174. The van der Waals surface area contributed by atoms with Crippen LogP contribution in [0.2, 0.25) is 0 Å². The van der Waals surface area contributed by atoms with E-state index < -0.39 is 10.0 Å². The van der Waals surface area contributed by atoms with E-state index in [1.807, 2.05) is 0 Å². The lowest BCUT2D eigenvalue weighted by Crippen LogP contribution is -2.14. The standard InChI is InChI=1S/C7H10N2O3S/c1-12-7-4-6(2-3-9-7)5-13(8,10)11/h2-4H,5H2,1H3,(H2,8,10,11). The molecular formula is C7H10N2O3S. The number of nitrogens with zero attached hydrogens (tertiary/aromatic N) is 1. The minimum atomic E-state index is -3.49. The molecule has 0 aliphatic rings. The van der Waals surface area contributed by atoms with Crippen molar-refractivity contribution >= 4 is 10.0 Å². The van der Waals surface area contributed by atoms with Gasteiger partial charge in [0, 0.05) is 12.3 Å². The lowest BCUT2D eigenvalue weighted by molar-refractivity contribution is 0.397. The lowest BCUT2D eigenvalue weighted by Gasteiger charge is -2.01. The number of pyridine rings is 1. The van der Waals surface area contributed by atoms with Gasteiger partial charge in [-0.1, -0.05) is 0 Å². The molecule has 0 aliphatic heterocycles. The number of hydrogen-bond donors (Lipinski definition) is 1. The van der Waals surface area contributed by atoms with Gasteiger partial charge in [0.05, 0.1) is 12.9 Å². The summed E-state index contributed by atoms with van der Waals surface area (Å²) < 4.78 is 26.3. The van der Waals surface area contributed by atoms with Crippen LogP contribution in [0.4, 0.5) is 0 Å². The smallest absolute Gasteiger partial charge is 0.213 e. The first-order valence-corrected chi connectivity index (χ1v) is 5.22. The van der Waals surface area contributed by atoms with E-state index in [2.05, 4.69) is 4.98 Å². The van der Waals surface area contributed by atoms with E-state index in [9.17, 15) is 8.42 Å². The van der Waals surface area contributed by atoms with Crippen molar-refractivity contribution < 1.29 is 13.2 Å². The molecule has 0 fully saturated rings. The summed E-state index contributed by atoms with van der Waals surface area (Å²) in [7, 11) is -2.02. The molecule has 0 amide bonds. The molecule has 0 unspecified atom stereocenters. The van der Waals surface area contributed by atoms with Crippen molar-refractivity contribution in [1.82, 2.24) is 4.98 Å². The predicted octanol–water partition coefficient (Wildman–Crippen LogP) is -0.121. The van der Waals surface area contributed by atoms with Gasteiger partial charge in [0.15, 0.2) is 0 Å². The molecule has 1 rings (SSSR count). The first-order chi connectivity index (χ1) is 6.01. The Labute approximate surface area is 76.6 Å². The summed E-state index contributed by atoms with van der Waals surface area (Å²) in [4.78, 5) is 3.83. The van der Waals surface area contributed by atoms with Gasteiger partial charge in [-0.05, 0) is 11.6 Å². The van der Waals surface area contributed by atoms with Crippen molar-refractivity contribution in [3.8, 4) is 5.88 Å². The topological polar surface area (TPSA) is 82.3 Å². The molecule has 0 spiro atoms. The Morgan fingerprint density at radius 1 is 1.62 bits per heavy atom. The first kappa shape index (κ1) is 9.94. The van der Waals surface area contributed by atoms with E-state index in [0.717, 1.165) is 0 Å². The minimum Gasteiger partial charge on any atom is -0.481 e. The van der Waals surface area contributed by atoms with Gasteiger partial charge in [-0.2, -0.15) is 0 Å². The van der Waals surface area contributed by atoms with Gasteiger partial charge in [0.1, 0.15) is 0 Å². The van der Waals surface area contributed by atoms with Crippen LogP contribution in [-0.4, -0.2) is 20.5 Å². The highest BCUT2D eigenvalue weighted by Gasteiger charge is 2.05. The molecule has 72 valence electrons. The fourth-order valence-electron chi connectivity index (χ4n) is 0.884. The molecular weight excluding hydrogens is 192 g/mol. The van der Waals surface area contributed by atoms with Gasteiger partial charge in [-0.3, -0.25) is 0 Å². The zero-order valence-electron chi connectivity index (χ0n) is 7.10. The maximum Gasteiger partial charge on any atom is 0.213 e. The monoisotopic (exact) mass is 202 g/mol. The van der Waals surface area contributed by atoms with Crippen molar-refractivity contribution in [3.63, 3.8) is 0 Å². The second kappa shape index (κ2) is 3.71. The second-order valence-electron chi connectivity index (χ2n) is 2.51. The molecule has 1 heterocycles. The maximum absolute atomic E-state index is 10.7. The van der Waals surface area contributed by atoms with Crippen LogP contribution in [0, 0.1) is 0 Å². The number of sulfonamides is 1. The Morgan fingerprint density at radius 3 is 2.85 bits per heavy atom. The number of nitrogens with two attached hydrogens (primary N) is 1. The third kappa shape index (κ3) is 3.39. The number of hydrogen-bond acceptors (Lipinski definition) is 4. The highest BCUT2D eigenvalue weighted by atomic mass is 32.2. The molecule has 2 N–H and O–H groups in total. The molecule has 0 aliphatic carbocycles. The summed E-state index contributed by atoms with van der Waals surface area (Å²) in [5.41, 5.74) is 0.564. The summed E-state index contributed by atoms with van der Waals surface area (Å²) in [6.07, 6.45) is 1.47. The zero-order chi connectivity index (χ0) is 9.90. The van der Waals surface area contributed by atoms with Crippen molar-refractivity contribution in [2.24, 2.45) is 5.14 Å². The van der Waals surface area contributed by atoms with Crippen LogP contribution in [0.1, 0.15) is 5.56 Å². The van der Waals surface area contributed by atoms with E-state index in [-0.39, 0.29) is 5.75 Å². The highest BCUT2D eigenvalue weighted by Crippen LogP contribution is 2.10. The largest absolute Gasteiger partial charge is 0.481 e. The van der Waals surface area contributed by atoms with Gasteiger partial charge >= 0.3 is 0 Å². The molecule has 0 bridgehead atoms. The number of primary sulfonamides is 1. The van der Waals surface area contributed by atoms with Crippen LogP contribution in [-0.2, 0) is 15.8 Å². The fourth-order valence-corrected chi connectivity index (χ4v) is 1.53. The fraction of sp³-hybridized carbons (Fsp3) is 0.286. The van der Waals surface area contributed by atoms with Gasteiger partial charge in [-0.25, -0.2) is 18.5 Å². The SMILES string of the molecule is COc1cc(CS(N)(=O)=O)ccn1. The average Bonchev–Trinajstić information content (AvgIpc) is 2.01. The predicted molar refractivity (Wildman–Crippen MR) is 47.6 cm³/mol. The van der Waals surface area contributed by atoms with Crippen molar-refractivity contribution in [3.05, 3.63) is 23.9 Å². The Bertz CT molecular complexity index is 388. The third-order valence-electron chi connectivity index (χ3n) is 1.38. The second-order valence-corrected chi connectivity index (χ2v) is 4.13. The number of aromatic nitrogens is 1. The Hall–Kier alpha value is -1.14. The van der Waals surface area contributed by atoms with Crippen LogP contribution >= 0.6 is 0 Å². The number of ether oxygens (including phenoxy) is 1. The van der Waals surface area contributed by atoms with E-state index in [1.165, 1.54) is 19.4 Å². The van der Waals surface area contributed by atoms with Crippen LogP contribution in [0.3, 0.4) is 0 Å². The van der Waals surface area contributed by atoms with E-state index in [1.54, 1.807) is 6.07 Å². The van der Waals surface area contributed by atoms with Crippen LogP contribution in [0.25, 0.3) is 0 Å². The third-order valence-corrected chi connectivity index (χ3v) is 2.11. The molecule has 0 saturated heterocycles. The highest BCUT2D eigenvalue weighted by molar-refractivity contribution is 7.88. The normalized spacial score (nSPS) is 11.2. The maximum atomic E-state index is 10.7. The molecule has 0 radical (unpaired) electrons. The van der Waals surface area contributed by atoms with Gasteiger partial charge in [-0.15, -0.1) is 0 Å². The van der Waals surface area contributed by atoms with E-state index in [0.29, 0.717) is 11.4 Å². The Balaban J connectivity index is 2.90. The molecule has 1 aromatic heterocycles. The van der Waals surface area contributed by atoms with Crippen molar-refractivity contribution in [2.75, 3.05) is 7.11 Å². The Kier molecular flexibility index (Phi) is 2.84. The molecule has 0 saturated carbocycles.